The molecule has 0 amide bonds. The molecule has 11 rings (SSSR count). The number of hydrogen-bond acceptors (Lipinski definition) is 3. The average Bonchev–Trinajstić information content (AvgIpc) is 3.84. The number of furan rings is 1. The highest BCUT2D eigenvalue weighted by Crippen LogP contribution is 2.48. The molecule has 0 N–H and O–H groups in total. The first-order valence-corrected chi connectivity index (χ1v) is 19.5. The molecule has 2 nitrogen and oxygen atoms in total. The van der Waals surface area contributed by atoms with E-state index in [9.17, 15) is 0 Å². The minimum absolute atomic E-state index is 0.908. The molecule has 2 heterocycles. The Labute approximate surface area is 322 Å². The van der Waals surface area contributed by atoms with Crippen LogP contribution in [0.4, 0.5) is 17.1 Å². The molecule has 11 aromatic rings. The zero-order valence-corrected chi connectivity index (χ0v) is 30.6. The van der Waals surface area contributed by atoms with Crippen molar-refractivity contribution in [1.82, 2.24) is 0 Å². The van der Waals surface area contributed by atoms with Crippen molar-refractivity contribution in [2.45, 2.75) is 0 Å². The Bertz CT molecular complexity index is 3190. The fraction of sp³-hybridized carbons (Fsp3) is 0. The molecule has 0 unspecified atom stereocenters. The zero-order chi connectivity index (χ0) is 36.3. The molecule has 0 bridgehead atoms. The van der Waals surface area contributed by atoms with Crippen LogP contribution in [0.2, 0.25) is 0 Å². The maximum Gasteiger partial charge on any atom is 0.143 e. The van der Waals surface area contributed by atoms with Crippen molar-refractivity contribution < 1.29 is 4.42 Å². The number of rotatable bonds is 6. The highest BCUT2D eigenvalue weighted by Gasteiger charge is 2.21. The lowest BCUT2D eigenvalue weighted by Crippen LogP contribution is -2.10. The van der Waals surface area contributed by atoms with Crippen LogP contribution in [0.5, 0.6) is 0 Å². The smallest absolute Gasteiger partial charge is 0.143 e. The van der Waals surface area contributed by atoms with E-state index in [4.69, 9.17) is 4.42 Å². The van der Waals surface area contributed by atoms with Crippen LogP contribution >= 0.6 is 11.3 Å². The summed E-state index contributed by atoms with van der Waals surface area (Å²) in [6, 6.07) is 72.1. The molecule has 0 aliphatic rings. The number of nitrogens with zero attached hydrogens (tertiary/aromatic N) is 1. The Kier molecular flexibility index (Phi) is 7.39. The van der Waals surface area contributed by atoms with Gasteiger partial charge in [0.05, 0.1) is 5.69 Å². The first-order valence-electron chi connectivity index (χ1n) is 18.7. The van der Waals surface area contributed by atoms with Crippen LogP contribution in [-0.4, -0.2) is 0 Å². The van der Waals surface area contributed by atoms with Crippen LogP contribution in [0.25, 0.3) is 86.3 Å². The summed E-state index contributed by atoms with van der Waals surface area (Å²) in [5, 5.41) is 7.34. The van der Waals surface area contributed by atoms with E-state index in [0.29, 0.717) is 0 Å². The standard InChI is InChI=1S/C52H33NOS/c1-3-13-34(14-4-1)38-18-9-19-40(33-38)53(39-30-27-36(28-31-39)42-22-11-23-44-43-20-7-8-25-47(43)54-51(42)44)46-24-10-17-37-29-32-45-50-41(35-15-5-2-6-16-35)21-12-26-48(50)55-52(45)49(37)46/h1-33H. The van der Waals surface area contributed by atoms with Gasteiger partial charge in [-0.2, -0.15) is 0 Å². The first-order chi connectivity index (χ1) is 27.3. The molecule has 0 aliphatic heterocycles. The molecule has 258 valence electrons. The molecular weight excluding hydrogens is 687 g/mol. The van der Waals surface area contributed by atoms with Crippen LogP contribution in [-0.2, 0) is 0 Å². The van der Waals surface area contributed by atoms with Gasteiger partial charge in [0.25, 0.3) is 0 Å². The van der Waals surface area contributed by atoms with Crippen molar-refractivity contribution in [3.8, 4) is 33.4 Å². The molecule has 0 saturated carbocycles. The second-order valence-corrected chi connectivity index (χ2v) is 15.1. The SMILES string of the molecule is c1ccc(-c2cccc(N(c3ccc(-c4cccc5c4oc4ccccc45)cc3)c3cccc4ccc5c(sc6cccc(-c7ccccc7)c65)c34)c2)cc1. The maximum atomic E-state index is 6.45. The van der Waals surface area contributed by atoms with Crippen molar-refractivity contribution in [2.75, 3.05) is 4.90 Å². The summed E-state index contributed by atoms with van der Waals surface area (Å²) in [6.45, 7) is 0. The zero-order valence-electron chi connectivity index (χ0n) is 29.8. The third-order valence-corrected chi connectivity index (χ3v) is 12.0. The van der Waals surface area contributed by atoms with Crippen LogP contribution in [0.1, 0.15) is 0 Å². The summed E-state index contributed by atoms with van der Waals surface area (Å²) in [4.78, 5) is 2.43. The molecule has 0 fully saturated rings. The number of hydrogen-bond donors (Lipinski definition) is 0. The molecule has 0 saturated heterocycles. The van der Waals surface area contributed by atoms with Gasteiger partial charge in [0.1, 0.15) is 11.2 Å². The Hall–Kier alpha value is -6.94. The summed E-state index contributed by atoms with van der Waals surface area (Å²) in [6.07, 6.45) is 0. The van der Waals surface area contributed by atoms with Gasteiger partial charge in [0.2, 0.25) is 0 Å². The lowest BCUT2D eigenvalue weighted by molar-refractivity contribution is 0.670. The second kappa shape index (κ2) is 12.9. The molecule has 0 radical (unpaired) electrons. The predicted octanol–water partition coefficient (Wildman–Crippen LogP) is 15.6. The van der Waals surface area contributed by atoms with E-state index in [1.54, 1.807) is 0 Å². The van der Waals surface area contributed by atoms with E-state index in [1.165, 1.54) is 53.2 Å². The van der Waals surface area contributed by atoms with Crippen LogP contribution in [0.15, 0.2) is 205 Å². The Balaban J connectivity index is 1.13. The van der Waals surface area contributed by atoms with Crippen molar-refractivity contribution in [3.63, 3.8) is 0 Å². The van der Waals surface area contributed by atoms with E-state index in [1.807, 2.05) is 23.5 Å². The lowest BCUT2D eigenvalue weighted by Gasteiger charge is -2.28. The monoisotopic (exact) mass is 719 g/mol. The summed E-state index contributed by atoms with van der Waals surface area (Å²) < 4.78 is 9.04. The van der Waals surface area contributed by atoms with Crippen molar-refractivity contribution in [2.24, 2.45) is 0 Å². The average molecular weight is 720 g/mol. The van der Waals surface area contributed by atoms with Crippen molar-refractivity contribution in [1.29, 1.82) is 0 Å². The van der Waals surface area contributed by atoms with E-state index in [-0.39, 0.29) is 0 Å². The van der Waals surface area contributed by atoms with Gasteiger partial charge in [-0.25, -0.2) is 0 Å². The lowest BCUT2D eigenvalue weighted by atomic mass is 9.97. The molecule has 3 heteroatoms. The minimum Gasteiger partial charge on any atom is -0.455 e. The summed E-state index contributed by atoms with van der Waals surface area (Å²) >= 11 is 1.89. The van der Waals surface area contributed by atoms with Gasteiger partial charge in [0.15, 0.2) is 0 Å². The number of fused-ring (bicyclic) bond motifs is 8. The number of anilines is 3. The van der Waals surface area contributed by atoms with Gasteiger partial charge in [-0.05, 0) is 75.7 Å². The van der Waals surface area contributed by atoms with E-state index < -0.39 is 0 Å². The van der Waals surface area contributed by atoms with E-state index >= 15 is 0 Å². The molecule has 55 heavy (non-hydrogen) atoms. The van der Waals surface area contributed by atoms with Crippen molar-refractivity contribution >= 4 is 81.3 Å². The quantitative estimate of drug-likeness (QED) is 0.170. The van der Waals surface area contributed by atoms with Gasteiger partial charge >= 0.3 is 0 Å². The highest BCUT2D eigenvalue weighted by molar-refractivity contribution is 7.26. The minimum atomic E-state index is 0.908. The van der Waals surface area contributed by atoms with E-state index in [2.05, 4.69) is 193 Å². The Morgan fingerprint density at radius 1 is 0.400 bits per heavy atom. The number of para-hydroxylation sites is 2. The molecule has 2 aromatic heterocycles. The molecular formula is C52H33NOS. The normalized spacial score (nSPS) is 11.6. The summed E-state index contributed by atoms with van der Waals surface area (Å²) in [7, 11) is 0. The predicted molar refractivity (Wildman–Crippen MR) is 235 cm³/mol. The van der Waals surface area contributed by atoms with Gasteiger partial charge in [-0.15, -0.1) is 11.3 Å². The second-order valence-electron chi connectivity index (χ2n) is 14.0. The third-order valence-electron chi connectivity index (χ3n) is 10.9. The Morgan fingerprint density at radius 2 is 1.07 bits per heavy atom. The Morgan fingerprint density at radius 3 is 1.93 bits per heavy atom. The van der Waals surface area contributed by atoms with Crippen molar-refractivity contribution in [3.05, 3.63) is 200 Å². The summed E-state index contributed by atoms with van der Waals surface area (Å²) in [5.74, 6) is 0. The fourth-order valence-corrected chi connectivity index (χ4v) is 9.62. The largest absolute Gasteiger partial charge is 0.455 e. The topological polar surface area (TPSA) is 16.4 Å². The first kappa shape index (κ1) is 31.6. The van der Waals surface area contributed by atoms with Gasteiger partial charge in [-0.3, -0.25) is 0 Å². The van der Waals surface area contributed by atoms with Gasteiger partial charge in [0, 0.05) is 53.3 Å². The molecule has 0 aliphatic carbocycles. The molecule has 9 aromatic carbocycles. The fourth-order valence-electron chi connectivity index (χ4n) is 8.33. The number of benzene rings is 9. The van der Waals surface area contributed by atoms with Crippen LogP contribution < -0.4 is 4.90 Å². The van der Waals surface area contributed by atoms with E-state index in [0.717, 1.165) is 50.1 Å². The van der Waals surface area contributed by atoms with Gasteiger partial charge < -0.3 is 9.32 Å². The summed E-state index contributed by atoms with van der Waals surface area (Å²) in [5.41, 5.74) is 12.2. The molecule has 0 atom stereocenters. The van der Waals surface area contributed by atoms with Gasteiger partial charge in [-0.1, -0.05) is 158 Å². The highest BCUT2D eigenvalue weighted by atomic mass is 32.1. The maximum absolute atomic E-state index is 6.45. The van der Waals surface area contributed by atoms with Crippen LogP contribution in [0.3, 0.4) is 0 Å². The number of thiophene rings is 1. The van der Waals surface area contributed by atoms with Crippen LogP contribution in [0, 0.1) is 0 Å². The molecule has 0 spiro atoms. The third kappa shape index (κ3) is 5.24.